The molecule has 7 atom stereocenters. The molecule has 3 aromatic carbocycles. The second-order valence-electron chi connectivity index (χ2n) is 20.4. The van der Waals surface area contributed by atoms with E-state index in [1.165, 1.54) is 22.6 Å². The van der Waals surface area contributed by atoms with Crippen molar-refractivity contribution in [1.29, 1.82) is 0 Å². The number of likely N-dealkylation sites (tertiary alicyclic amines) is 2. The summed E-state index contributed by atoms with van der Waals surface area (Å²) in [5.74, 6) is -4.45. The average molecular weight is 1070 g/mol. The summed E-state index contributed by atoms with van der Waals surface area (Å²) in [6.45, 7) is 3.50. The maximum atomic E-state index is 14.2. The number of fused-ring (bicyclic) bond motifs is 1. The Labute approximate surface area is 449 Å². The highest BCUT2D eigenvalue weighted by Gasteiger charge is 2.45. The summed E-state index contributed by atoms with van der Waals surface area (Å²) in [6.07, 6.45) is 1.41. The molecule has 0 bridgehead atoms. The number of amides is 7. The van der Waals surface area contributed by atoms with Gasteiger partial charge in [-0.15, -0.1) is 0 Å². The molecule has 17 nitrogen and oxygen atoms in total. The van der Waals surface area contributed by atoms with Gasteiger partial charge in [0.15, 0.2) is 5.78 Å². The van der Waals surface area contributed by atoms with Crippen molar-refractivity contribution < 1.29 is 51.5 Å². The number of hydrogen-bond donors (Lipinski definition) is 6. The van der Waals surface area contributed by atoms with E-state index in [2.05, 4.69) is 38.0 Å². The molecule has 2 aliphatic heterocycles. The summed E-state index contributed by atoms with van der Waals surface area (Å²) in [6, 6.07) is 18.4. The van der Waals surface area contributed by atoms with Gasteiger partial charge in [-0.05, 0) is 134 Å². The molecule has 20 heteroatoms. The Kier molecular flexibility index (Phi) is 22.2. The van der Waals surface area contributed by atoms with Gasteiger partial charge in [0.2, 0.25) is 29.5 Å². The smallest absolute Gasteiger partial charge is 0.352 e. The largest absolute Gasteiger partial charge is 0.471 e. The van der Waals surface area contributed by atoms with Gasteiger partial charge in [-0.3, -0.25) is 38.4 Å². The monoisotopic (exact) mass is 1070 g/mol. The van der Waals surface area contributed by atoms with Gasteiger partial charge in [0, 0.05) is 56.3 Å². The van der Waals surface area contributed by atoms with Crippen molar-refractivity contribution in [2.75, 3.05) is 46.8 Å². The number of nitrogens with zero attached hydrogens (tertiary/aromatic N) is 3. The molecule has 3 aliphatic rings. The number of alkyl halides is 3. The van der Waals surface area contributed by atoms with Gasteiger partial charge in [0.25, 0.3) is 5.91 Å². The number of hydrogen-bond acceptors (Lipinski definition) is 10. The lowest BCUT2D eigenvalue weighted by Gasteiger charge is -2.33. The van der Waals surface area contributed by atoms with E-state index in [0.29, 0.717) is 50.6 Å². The van der Waals surface area contributed by atoms with Crippen LogP contribution in [0.25, 0.3) is 0 Å². The lowest BCUT2D eigenvalue weighted by molar-refractivity contribution is -0.186. The lowest BCUT2D eigenvalue weighted by atomic mass is 9.87. The van der Waals surface area contributed by atoms with E-state index in [0.717, 1.165) is 35.3 Å². The molecule has 2 fully saturated rings. The van der Waals surface area contributed by atoms with Crippen molar-refractivity contribution in [2.24, 2.45) is 0 Å². The predicted molar refractivity (Wildman–Crippen MR) is 284 cm³/mol. The van der Waals surface area contributed by atoms with Crippen LogP contribution in [0.1, 0.15) is 134 Å². The van der Waals surface area contributed by atoms with Crippen LogP contribution in [0.4, 0.5) is 13.2 Å². The van der Waals surface area contributed by atoms with Crippen molar-refractivity contribution >= 4 is 47.1 Å². The van der Waals surface area contributed by atoms with Crippen LogP contribution in [0.2, 0.25) is 0 Å². The fourth-order valence-electron chi connectivity index (χ4n) is 10.4. The summed E-state index contributed by atoms with van der Waals surface area (Å²) in [5, 5.41) is 17.4. The van der Waals surface area contributed by atoms with Crippen LogP contribution >= 0.6 is 0 Å². The Balaban J connectivity index is 0.990. The maximum Gasteiger partial charge on any atom is 0.471 e. The highest BCUT2D eigenvalue weighted by molar-refractivity contribution is 5.99. The van der Waals surface area contributed by atoms with Gasteiger partial charge in [-0.25, -0.2) is 0 Å². The molecule has 7 amide bonds. The van der Waals surface area contributed by atoms with E-state index in [1.807, 2.05) is 18.2 Å². The molecule has 0 radical (unpaired) electrons. The third kappa shape index (κ3) is 16.7. The minimum absolute atomic E-state index is 0.0969. The van der Waals surface area contributed by atoms with Crippen LogP contribution in [0.3, 0.4) is 0 Å². The Bertz CT molecular complexity index is 2510. The standard InChI is InChI=1S/C57H76F3N9O8/c1-37(61-3)50(71)65-46(55(76)69-34-15-25-48(69)53(74)64-45-23-12-19-40-18-8-9-21-44(40)45)22-10-11-26-49(70)41-27-29-42(30-28-41)52(73)63-32-13-24-47(66-51(72)38(2)62-4)54(75)68-33-14-20-43(68)36-67(56(77)57(58,59)60)35-31-39-16-6-5-7-17-39/h5-9,16-18,21,27-30,37-38,43,45-48,61-62H,10-15,19-20,22-26,31-36H2,1-4H3,(H,63,73)(H,64,74)(H,65,71)(H,66,72)/t37-,38-,43-,45+,46-,47-,48-/m0/s1. The number of halogens is 3. The highest BCUT2D eigenvalue weighted by atomic mass is 19.4. The van der Waals surface area contributed by atoms with Crippen molar-refractivity contribution in [3.63, 3.8) is 0 Å². The third-order valence-corrected chi connectivity index (χ3v) is 15.1. The number of likely N-dealkylation sites (N-methyl/N-ethyl adjacent to an activating group) is 2. The fraction of sp³-hybridized carbons (Fsp3) is 0.544. The zero-order valence-electron chi connectivity index (χ0n) is 44.7. The number of aryl methyl sites for hydroxylation is 1. The number of ketones is 1. The molecule has 6 N–H and O–H groups in total. The Morgan fingerprint density at radius 3 is 1.95 bits per heavy atom. The summed E-state index contributed by atoms with van der Waals surface area (Å²) in [5.41, 5.74) is 3.73. The molecule has 0 unspecified atom stereocenters. The molecule has 3 aromatic rings. The van der Waals surface area contributed by atoms with E-state index in [4.69, 9.17) is 0 Å². The van der Waals surface area contributed by atoms with Crippen LogP contribution in [-0.4, -0.2) is 151 Å². The van der Waals surface area contributed by atoms with Gasteiger partial charge >= 0.3 is 12.1 Å². The van der Waals surface area contributed by atoms with Gasteiger partial charge in [-0.2, -0.15) is 13.2 Å². The molecule has 2 heterocycles. The zero-order valence-corrected chi connectivity index (χ0v) is 44.7. The number of carbonyl (C=O) groups excluding carboxylic acids is 8. The van der Waals surface area contributed by atoms with E-state index in [9.17, 15) is 51.5 Å². The number of carbonyl (C=O) groups is 8. The van der Waals surface area contributed by atoms with E-state index in [-0.39, 0.29) is 93.4 Å². The molecular weight excluding hydrogens is 996 g/mol. The van der Waals surface area contributed by atoms with Crippen LogP contribution in [0, 0.1) is 0 Å². The van der Waals surface area contributed by atoms with Crippen molar-refractivity contribution in [3.05, 3.63) is 107 Å². The Hall–Kier alpha value is -6.67. The first-order chi connectivity index (χ1) is 36.9. The molecule has 2 saturated heterocycles. The highest BCUT2D eigenvalue weighted by Crippen LogP contribution is 2.31. The molecule has 77 heavy (non-hydrogen) atoms. The minimum Gasteiger partial charge on any atom is -0.352 e. The lowest BCUT2D eigenvalue weighted by Crippen LogP contribution is -2.55. The summed E-state index contributed by atoms with van der Waals surface area (Å²) in [7, 11) is 3.23. The molecule has 418 valence electrons. The number of rotatable bonds is 26. The third-order valence-electron chi connectivity index (χ3n) is 15.1. The van der Waals surface area contributed by atoms with Gasteiger partial charge in [-0.1, -0.05) is 73.2 Å². The van der Waals surface area contributed by atoms with E-state index >= 15 is 0 Å². The first kappa shape index (κ1) is 59.6. The second-order valence-corrected chi connectivity index (χ2v) is 20.4. The quantitative estimate of drug-likeness (QED) is 0.0471. The van der Waals surface area contributed by atoms with Crippen molar-refractivity contribution in [2.45, 2.75) is 152 Å². The van der Waals surface area contributed by atoms with E-state index in [1.54, 1.807) is 75.3 Å². The fourth-order valence-corrected chi connectivity index (χ4v) is 10.4. The van der Waals surface area contributed by atoms with Gasteiger partial charge in [0.1, 0.15) is 18.1 Å². The van der Waals surface area contributed by atoms with Crippen LogP contribution < -0.4 is 31.9 Å². The van der Waals surface area contributed by atoms with Crippen LogP contribution in [0.15, 0.2) is 78.9 Å². The molecular formula is C57H76F3N9O8. The normalized spacial score (nSPS) is 18.8. The number of Topliss-reactive ketones (excluding diaryl/α,β-unsaturated/α-hetero) is 1. The second kappa shape index (κ2) is 28.6. The predicted octanol–water partition coefficient (Wildman–Crippen LogP) is 4.93. The van der Waals surface area contributed by atoms with Crippen molar-refractivity contribution in [1.82, 2.24) is 46.6 Å². The molecule has 6 rings (SSSR count). The molecule has 0 saturated carbocycles. The zero-order chi connectivity index (χ0) is 55.6. The molecule has 0 spiro atoms. The first-order valence-corrected chi connectivity index (χ1v) is 27.2. The van der Waals surface area contributed by atoms with E-state index < -0.39 is 66.1 Å². The maximum absolute atomic E-state index is 14.2. The number of benzene rings is 3. The Morgan fingerprint density at radius 1 is 0.688 bits per heavy atom. The van der Waals surface area contributed by atoms with Crippen molar-refractivity contribution in [3.8, 4) is 0 Å². The Morgan fingerprint density at radius 2 is 1.29 bits per heavy atom. The van der Waals surface area contributed by atoms with Gasteiger partial charge in [0.05, 0.1) is 18.1 Å². The molecule has 0 aromatic heterocycles. The molecule has 1 aliphatic carbocycles. The SMILES string of the molecule is CN[C@@H](C)C(=O)N[C@@H](CCCNC(=O)c1ccc(C(=O)CCCC[C@H](NC(=O)[C@H](C)NC)C(=O)N2CCC[C@H]2C(=O)N[C@@H]2CCCc3ccccc32)cc1)C(=O)N1CCC[C@H]1CN(CCc1ccccc1)C(=O)C(F)(F)F. The minimum atomic E-state index is -5.11. The summed E-state index contributed by atoms with van der Waals surface area (Å²) in [4.78, 5) is 111. The van der Waals surface area contributed by atoms with Crippen LogP contribution in [-0.2, 0) is 41.6 Å². The number of nitrogens with one attached hydrogen (secondary N) is 6. The summed E-state index contributed by atoms with van der Waals surface area (Å²) >= 11 is 0. The summed E-state index contributed by atoms with van der Waals surface area (Å²) < 4.78 is 41.4. The van der Waals surface area contributed by atoms with Crippen LogP contribution in [0.5, 0.6) is 0 Å². The topological polar surface area (TPSA) is 218 Å². The number of unbranched alkanes of at least 4 members (excludes halogenated alkanes) is 1. The van der Waals surface area contributed by atoms with Gasteiger partial charge < -0.3 is 46.6 Å². The first-order valence-electron chi connectivity index (χ1n) is 27.2. The average Bonchev–Trinajstić information content (AvgIpc) is 4.14.